The van der Waals surface area contributed by atoms with E-state index < -0.39 is 0 Å². The molecule has 1 atom stereocenters. The quantitative estimate of drug-likeness (QED) is 0.869. The topological polar surface area (TPSA) is 28.2 Å². The summed E-state index contributed by atoms with van der Waals surface area (Å²) in [6.45, 7) is 10.2. The first-order valence-electron chi connectivity index (χ1n) is 7.87. The van der Waals surface area contributed by atoms with Gasteiger partial charge in [-0.3, -0.25) is 4.98 Å². The molecule has 3 heteroatoms. The zero-order valence-corrected chi connectivity index (χ0v) is 13.3. The van der Waals surface area contributed by atoms with Crippen LogP contribution in [-0.2, 0) is 0 Å². The van der Waals surface area contributed by atoms with Crippen LogP contribution in [-0.4, -0.2) is 30.7 Å². The number of pyridine rings is 1. The van der Waals surface area contributed by atoms with E-state index >= 15 is 0 Å². The van der Waals surface area contributed by atoms with Crippen molar-refractivity contribution >= 4 is 16.5 Å². The van der Waals surface area contributed by atoms with Crippen molar-refractivity contribution in [3.8, 4) is 0 Å². The van der Waals surface area contributed by atoms with Gasteiger partial charge in [-0.2, -0.15) is 0 Å². The van der Waals surface area contributed by atoms with Crippen LogP contribution in [0.15, 0.2) is 36.7 Å². The molecule has 0 saturated carbocycles. The highest BCUT2D eigenvalue weighted by atomic mass is 15.2. The molecule has 0 bridgehead atoms. The van der Waals surface area contributed by atoms with Crippen molar-refractivity contribution < 1.29 is 0 Å². The van der Waals surface area contributed by atoms with Crippen LogP contribution in [0.25, 0.3) is 10.8 Å². The molecule has 1 unspecified atom stereocenters. The van der Waals surface area contributed by atoms with E-state index in [1.54, 1.807) is 0 Å². The van der Waals surface area contributed by atoms with Gasteiger partial charge in [0.2, 0.25) is 0 Å². The van der Waals surface area contributed by atoms with Crippen molar-refractivity contribution in [2.45, 2.75) is 33.2 Å². The molecule has 1 aliphatic heterocycles. The molecule has 3 nitrogen and oxygen atoms in total. The summed E-state index contributed by atoms with van der Waals surface area (Å²) in [5.74, 6) is 0. The molecule has 112 valence electrons. The summed E-state index contributed by atoms with van der Waals surface area (Å²) in [6.07, 6.45) is 5.04. The molecule has 2 aromatic rings. The molecule has 1 N–H and O–H groups in total. The van der Waals surface area contributed by atoms with E-state index in [1.807, 2.05) is 12.4 Å². The molecule has 0 amide bonds. The van der Waals surface area contributed by atoms with E-state index in [1.165, 1.54) is 22.9 Å². The number of aromatic nitrogens is 1. The SMILES string of the molecule is CC(C)(C)C1CN(c2cccc3cnccc23)CCCN1. The average molecular weight is 283 g/mol. The van der Waals surface area contributed by atoms with E-state index in [2.05, 4.69) is 60.2 Å². The van der Waals surface area contributed by atoms with E-state index in [4.69, 9.17) is 0 Å². The Kier molecular flexibility index (Phi) is 3.85. The summed E-state index contributed by atoms with van der Waals surface area (Å²) in [5, 5.41) is 6.24. The van der Waals surface area contributed by atoms with E-state index in [-0.39, 0.29) is 5.41 Å². The Balaban J connectivity index is 1.97. The standard InChI is InChI=1S/C18H25N3/c1-18(2,3)17-13-21(11-5-9-20-17)16-7-4-6-14-12-19-10-8-15(14)16/h4,6-8,10,12,17,20H,5,9,11,13H2,1-3H3. The third kappa shape index (κ3) is 3.03. The first-order chi connectivity index (χ1) is 10.1. The van der Waals surface area contributed by atoms with Crippen molar-refractivity contribution in [2.75, 3.05) is 24.5 Å². The maximum absolute atomic E-state index is 4.24. The van der Waals surface area contributed by atoms with Crippen LogP contribution in [0.3, 0.4) is 0 Å². The molecule has 3 rings (SSSR count). The van der Waals surface area contributed by atoms with Crippen LogP contribution in [0.4, 0.5) is 5.69 Å². The highest BCUT2D eigenvalue weighted by molar-refractivity contribution is 5.93. The summed E-state index contributed by atoms with van der Waals surface area (Å²) in [4.78, 5) is 6.78. The molecule has 2 heterocycles. The van der Waals surface area contributed by atoms with Gasteiger partial charge in [0, 0.05) is 48.0 Å². The van der Waals surface area contributed by atoms with Crippen molar-refractivity contribution in [3.05, 3.63) is 36.7 Å². The number of rotatable bonds is 1. The maximum atomic E-state index is 4.24. The minimum Gasteiger partial charge on any atom is -0.369 e. The number of anilines is 1. The van der Waals surface area contributed by atoms with Gasteiger partial charge >= 0.3 is 0 Å². The molecular formula is C18H25N3. The summed E-state index contributed by atoms with van der Waals surface area (Å²) < 4.78 is 0. The summed E-state index contributed by atoms with van der Waals surface area (Å²) in [6, 6.07) is 9.17. The van der Waals surface area contributed by atoms with Crippen LogP contribution >= 0.6 is 0 Å². The Labute approximate surface area is 127 Å². The molecule has 21 heavy (non-hydrogen) atoms. The fourth-order valence-electron chi connectivity index (χ4n) is 3.10. The molecular weight excluding hydrogens is 258 g/mol. The predicted molar refractivity (Wildman–Crippen MR) is 89.8 cm³/mol. The summed E-state index contributed by atoms with van der Waals surface area (Å²) in [5.41, 5.74) is 1.61. The van der Waals surface area contributed by atoms with Crippen LogP contribution in [0.5, 0.6) is 0 Å². The molecule has 1 aromatic carbocycles. The monoisotopic (exact) mass is 283 g/mol. The van der Waals surface area contributed by atoms with Gasteiger partial charge in [-0.25, -0.2) is 0 Å². The number of hydrogen-bond donors (Lipinski definition) is 1. The van der Waals surface area contributed by atoms with Gasteiger partial charge in [-0.05, 0) is 30.5 Å². The predicted octanol–water partition coefficient (Wildman–Crippen LogP) is 3.45. The fraction of sp³-hybridized carbons (Fsp3) is 0.500. The Morgan fingerprint density at radius 1 is 1.24 bits per heavy atom. The molecule has 1 saturated heterocycles. The third-order valence-corrected chi connectivity index (χ3v) is 4.44. The summed E-state index contributed by atoms with van der Waals surface area (Å²) in [7, 11) is 0. The minimum absolute atomic E-state index is 0.273. The van der Waals surface area contributed by atoms with Crippen molar-refractivity contribution in [3.63, 3.8) is 0 Å². The fourth-order valence-corrected chi connectivity index (χ4v) is 3.10. The lowest BCUT2D eigenvalue weighted by atomic mass is 9.86. The Bertz CT molecular complexity index is 610. The Morgan fingerprint density at radius 2 is 2.10 bits per heavy atom. The second-order valence-corrected chi connectivity index (χ2v) is 7.05. The number of nitrogens with zero attached hydrogens (tertiary/aromatic N) is 2. The molecule has 0 aliphatic carbocycles. The van der Waals surface area contributed by atoms with Crippen LogP contribution in [0.2, 0.25) is 0 Å². The van der Waals surface area contributed by atoms with Gasteiger partial charge in [0.05, 0.1) is 0 Å². The average Bonchev–Trinajstić information content (AvgIpc) is 2.72. The third-order valence-electron chi connectivity index (χ3n) is 4.44. The zero-order valence-electron chi connectivity index (χ0n) is 13.3. The number of hydrogen-bond acceptors (Lipinski definition) is 3. The number of fused-ring (bicyclic) bond motifs is 1. The molecule has 0 spiro atoms. The number of nitrogens with one attached hydrogen (secondary N) is 1. The van der Waals surface area contributed by atoms with E-state index in [9.17, 15) is 0 Å². The van der Waals surface area contributed by atoms with Gasteiger partial charge in [0.1, 0.15) is 0 Å². The Morgan fingerprint density at radius 3 is 2.90 bits per heavy atom. The lowest BCUT2D eigenvalue weighted by Gasteiger charge is -2.35. The smallest absolute Gasteiger partial charge is 0.0447 e. The largest absolute Gasteiger partial charge is 0.369 e. The maximum Gasteiger partial charge on any atom is 0.0447 e. The van der Waals surface area contributed by atoms with E-state index in [0.29, 0.717) is 6.04 Å². The first kappa shape index (κ1) is 14.3. The van der Waals surface area contributed by atoms with Crippen LogP contribution < -0.4 is 10.2 Å². The molecule has 1 fully saturated rings. The van der Waals surface area contributed by atoms with Gasteiger partial charge in [-0.15, -0.1) is 0 Å². The molecule has 1 aromatic heterocycles. The summed E-state index contributed by atoms with van der Waals surface area (Å²) >= 11 is 0. The second-order valence-electron chi connectivity index (χ2n) is 7.05. The van der Waals surface area contributed by atoms with Crippen LogP contribution in [0.1, 0.15) is 27.2 Å². The normalized spacial score (nSPS) is 20.5. The van der Waals surface area contributed by atoms with Crippen molar-refractivity contribution in [1.82, 2.24) is 10.3 Å². The van der Waals surface area contributed by atoms with E-state index in [0.717, 1.165) is 19.6 Å². The van der Waals surface area contributed by atoms with Crippen molar-refractivity contribution in [1.29, 1.82) is 0 Å². The zero-order chi connectivity index (χ0) is 14.9. The molecule has 1 aliphatic rings. The first-order valence-corrected chi connectivity index (χ1v) is 7.87. The lowest BCUT2D eigenvalue weighted by Crippen LogP contribution is -2.46. The van der Waals surface area contributed by atoms with Gasteiger partial charge in [-0.1, -0.05) is 32.9 Å². The van der Waals surface area contributed by atoms with Crippen LogP contribution in [0, 0.1) is 5.41 Å². The highest BCUT2D eigenvalue weighted by Crippen LogP contribution is 2.29. The lowest BCUT2D eigenvalue weighted by molar-refractivity contribution is 0.280. The number of benzene rings is 1. The second kappa shape index (κ2) is 5.64. The van der Waals surface area contributed by atoms with Crippen molar-refractivity contribution in [2.24, 2.45) is 5.41 Å². The highest BCUT2D eigenvalue weighted by Gasteiger charge is 2.28. The van der Waals surface area contributed by atoms with Gasteiger partial charge < -0.3 is 10.2 Å². The Hall–Kier alpha value is -1.61. The van der Waals surface area contributed by atoms with Gasteiger partial charge in [0.25, 0.3) is 0 Å². The molecule has 0 radical (unpaired) electrons. The minimum atomic E-state index is 0.273. The van der Waals surface area contributed by atoms with Gasteiger partial charge in [0.15, 0.2) is 0 Å².